The van der Waals surface area contributed by atoms with E-state index in [0.717, 1.165) is 5.56 Å². The van der Waals surface area contributed by atoms with Crippen molar-refractivity contribution in [3.05, 3.63) is 65.7 Å². The molecule has 0 spiro atoms. The molecule has 0 atom stereocenters. The molecular formula is C17H15N3O. The highest BCUT2D eigenvalue weighted by atomic mass is 16.2. The zero-order chi connectivity index (χ0) is 15.2. The zero-order valence-corrected chi connectivity index (χ0v) is 11.7. The molecule has 4 nitrogen and oxygen atoms in total. The van der Waals surface area contributed by atoms with E-state index in [4.69, 9.17) is 11.0 Å². The van der Waals surface area contributed by atoms with Crippen LogP contribution in [0.3, 0.4) is 0 Å². The summed E-state index contributed by atoms with van der Waals surface area (Å²) in [6, 6.07) is 16.3. The first kappa shape index (κ1) is 14.4. The van der Waals surface area contributed by atoms with Gasteiger partial charge in [-0.1, -0.05) is 24.3 Å². The summed E-state index contributed by atoms with van der Waals surface area (Å²) in [7, 11) is 1.64. The third kappa shape index (κ3) is 3.48. The first-order chi connectivity index (χ1) is 10.1. The van der Waals surface area contributed by atoms with Crippen LogP contribution >= 0.6 is 0 Å². The van der Waals surface area contributed by atoms with Gasteiger partial charge in [-0.2, -0.15) is 5.26 Å². The number of anilines is 2. The van der Waals surface area contributed by atoms with Crippen molar-refractivity contribution in [2.24, 2.45) is 0 Å². The van der Waals surface area contributed by atoms with Crippen molar-refractivity contribution in [1.29, 1.82) is 5.26 Å². The molecule has 0 aliphatic carbocycles. The number of nitriles is 1. The van der Waals surface area contributed by atoms with Gasteiger partial charge in [0.1, 0.15) is 6.07 Å². The van der Waals surface area contributed by atoms with E-state index in [2.05, 4.69) is 6.07 Å². The van der Waals surface area contributed by atoms with Crippen molar-refractivity contribution in [3.63, 3.8) is 0 Å². The summed E-state index contributed by atoms with van der Waals surface area (Å²) in [5.74, 6) is -0.200. The van der Waals surface area contributed by atoms with E-state index in [1.807, 2.05) is 12.1 Å². The highest BCUT2D eigenvalue weighted by Crippen LogP contribution is 2.18. The van der Waals surface area contributed by atoms with Crippen molar-refractivity contribution in [1.82, 2.24) is 0 Å². The Labute approximate surface area is 123 Å². The lowest BCUT2D eigenvalue weighted by molar-refractivity contribution is -0.113. The molecule has 0 heterocycles. The van der Waals surface area contributed by atoms with Crippen LogP contribution in [-0.2, 0) is 4.79 Å². The molecular weight excluding hydrogens is 262 g/mol. The molecule has 0 bridgehead atoms. The van der Waals surface area contributed by atoms with E-state index in [0.29, 0.717) is 16.9 Å². The molecule has 2 N–H and O–H groups in total. The van der Waals surface area contributed by atoms with Crippen LogP contribution in [0, 0.1) is 11.3 Å². The summed E-state index contributed by atoms with van der Waals surface area (Å²) in [4.78, 5) is 13.6. The monoisotopic (exact) mass is 277 g/mol. The van der Waals surface area contributed by atoms with Gasteiger partial charge >= 0.3 is 0 Å². The molecule has 2 aromatic rings. The van der Waals surface area contributed by atoms with Crippen molar-refractivity contribution in [2.45, 2.75) is 0 Å². The smallest absolute Gasteiger partial charge is 0.250 e. The van der Waals surface area contributed by atoms with Crippen LogP contribution in [0.15, 0.2) is 54.6 Å². The predicted octanol–water partition coefficient (Wildman–Crippen LogP) is 2.82. The molecule has 104 valence electrons. The fourth-order valence-electron chi connectivity index (χ4n) is 1.87. The van der Waals surface area contributed by atoms with Gasteiger partial charge in [0.15, 0.2) is 0 Å². The molecule has 0 aromatic heterocycles. The summed E-state index contributed by atoms with van der Waals surface area (Å²) in [6.07, 6.45) is 3.19. The maximum Gasteiger partial charge on any atom is 0.250 e. The topological polar surface area (TPSA) is 70.1 Å². The van der Waals surface area contributed by atoms with Crippen LogP contribution in [0.1, 0.15) is 11.1 Å². The van der Waals surface area contributed by atoms with Crippen LogP contribution in [0.5, 0.6) is 0 Å². The Balaban J connectivity index is 2.16. The molecule has 4 heteroatoms. The van der Waals surface area contributed by atoms with Gasteiger partial charge in [-0.15, -0.1) is 0 Å². The second-order valence-corrected chi connectivity index (χ2v) is 4.53. The summed E-state index contributed by atoms with van der Waals surface area (Å²) < 4.78 is 0. The standard InChI is InChI=1S/C17H15N3O/c1-20(16-5-3-2-4-14(16)12-18)17(21)11-8-13-6-9-15(19)10-7-13/h2-11H,19H2,1H3/b11-8+. The zero-order valence-electron chi connectivity index (χ0n) is 11.7. The summed E-state index contributed by atoms with van der Waals surface area (Å²) in [5.41, 5.74) is 8.23. The van der Waals surface area contributed by atoms with E-state index >= 15 is 0 Å². The third-order valence-corrected chi connectivity index (χ3v) is 3.07. The Hall–Kier alpha value is -3.06. The van der Waals surface area contributed by atoms with Crippen LogP contribution < -0.4 is 10.6 Å². The van der Waals surface area contributed by atoms with Crippen molar-refractivity contribution in [3.8, 4) is 6.07 Å². The Morgan fingerprint density at radius 3 is 2.52 bits per heavy atom. The molecule has 2 aromatic carbocycles. The van der Waals surface area contributed by atoms with Gasteiger partial charge < -0.3 is 10.6 Å². The van der Waals surface area contributed by atoms with E-state index in [1.54, 1.807) is 49.5 Å². The van der Waals surface area contributed by atoms with E-state index in [9.17, 15) is 4.79 Å². The first-order valence-corrected chi connectivity index (χ1v) is 6.42. The first-order valence-electron chi connectivity index (χ1n) is 6.42. The lowest BCUT2D eigenvalue weighted by Crippen LogP contribution is -2.24. The average Bonchev–Trinajstić information content (AvgIpc) is 2.53. The van der Waals surface area contributed by atoms with Crippen LogP contribution in [-0.4, -0.2) is 13.0 Å². The van der Waals surface area contributed by atoms with Gasteiger partial charge in [0.05, 0.1) is 11.3 Å². The number of hydrogen-bond donors (Lipinski definition) is 1. The lowest BCUT2D eigenvalue weighted by Gasteiger charge is -2.16. The van der Waals surface area contributed by atoms with Gasteiger partial charge in [-0.25, -0.2) is 0 Å². The molecule has 21 heavy (non-hydrogen) atoms. The minimum atomic E-state index is -0.200. The van der Waals surface area contributed by atoms with Crippen molar-refractivity contribution >= 4 is 23.4 Å². The molecule has 0 saturated carbocycles. The van der Waals surface area contributed by atoms with Crippen LogP contribution in [0.4, 0.5) is 11.4 Å². The minimum absolute atomic E-state index is 0.200. The number of amides is 1. The molecule has 0 radical (unpaired) electrons. The number of nitrogen functional groups attached to an aromatic ring is 1. The third-order valence-electron chi connectivity index (χ3n) is 3.07. The second kappa shape index (κ2) is 6.40. The number of nitrogens with two attached hydrogens (primary N) is 1. The van der Waals surface area contributed by atoms with E-state index < -0.39 is 0 Å². The molecule has 0 aliphatic rings. The van der Waals surface area contributed by atoms with Crippen molar-refractivity contribution < 1.29 is 4.79 Å². The second-order valence-electron chi connectivity index (χ2n) is 4.53. The number of para-hydroxylation sites is 1. The number of benzene rings is 2. The molecule has 0 unspecified atom stereocenters. The Morgan fingerprint density at radius 1 is 1.19 bits per heavy atom. The average molecular weight is 277 g/mol. The largest absolute Gasteiger partial charge is 0.399 e. The van der Waals surface area contributed by atoms with Crippen LogP contribution in [0.25, 0.3) is 6.08 Å². The Morgan fingerprint density at radius 2 is 1.86 bits per heavy atom. The number of rotatable bonds is 3. The number of carbonyl (C=O) groups is 1. The lowest BCUT2D eigenvalue weighted by atomic mass is 10.1. The Kier molecular flexibility index (Phi) is 4.37. The van der Waals surface area contributed by atoms with Gasteiger partial charge in [-0.05, 0) is 35.9 Å². The van der Waals surface area contributed by atoms with Gasteiger partial charge in [0.25, 0.3) is 5.91 Å². The van der Waals surface area contributed by atoms with Gasteiger partial charge in [-0.3, -0.25) is 4.79 Å². The summed E-state index contributed by atoms with van der Waals surface area (Å²) in [6.45, 7) is 0. The SMILES string of the molecule is CN(C(=O)/C=C/c1ccc(N)cc1)c1ccccc1C#N. The highest BCUT2D eigenvalue weighted by Gasteiger charge is 2.11. The highest BCUT2D eigenvalue weighted by molar-refractivity contribution is 6.04. The minimum Gasteiger partial charge on any atom is -0.399 e. The maximum absolute atomic E-state index is 12.2. The molecule has 0 saturated heterocycles. The molecule has 0 aliphatic heterocycles. The Bertz CT molecular complexity index is 712. The predicted molar refractivity (Wildman–Crippen MR) is 84.5 cm³/mol. The van der Waals surface area contributed by atoms with Gasteiger partial charge in [0, 0.05) is 18.8 Å². The quantitative estimate of drug-likeness (QED) is 0.692. The fraction of sp³-hybridized carbons (Fsp3) is 0.0588. The fourth-order valence-corrected chi connectivity index (χ4v) is 1.87. The van der Waals surface area contributed by atoms with Gasteiger partial charge in [0.2, 0.25) is 0 Å². The molecule has 2 rings (SSSR count). The number of nitrogens with zero attached hydrogens (tertiary/aromatic N) is 2. The number of likely N-dealkylation sites (N-methyl/N-ethyl adjacent to an activating group) is 1. The normalized spacial score (nSPS) is 10.3. The molecule has 0 fully saturated rings. The van der Waals surface area contributed by atoms with Crippen molar-refractivity contribution in [2.75, 3.05) is 17.7 Å². The van der Waals surface area contributed by atoms with Crippen LogP contribution in [0.2, 0.25) is 0 Å². The maximum atomic E-state index is 12.2. The number of carbonyl (C=O) groups excluding carboxylic acids is 1. The van der Waals surface area contributed by atoms with E-state index in [-0.39, 0.29) is 5.91 Å². The summed E-state index contributed by atoms with van der Waals surface area (Å²) >= 11 is 0. The molecule has 1 amide bonds. The summed E-state index contributed by atoms with van der Waals surface area (Å²) in [5, 5.41) is 9.07. The number of hydrogen-bond acceptors (Lipinski definition) is 3. The van der Waals surface area contributed by atoms with E-state index in [1.165, 1.54) is 11.0 Å².